The summed E-state index contributed by atoms with van der Waals surface area (Å²) in [6, 6.07) is 16.8. The first-order valence-electron chi connectivity index (χ1n) is 3.85. The fourth-order valence-electron chi connectivity index (χ4n) is 1.07. The second-order valence-corrected chi connectivity index (χ2v) is 2.49. The van der Waals surface area contributed by atoms with E-state index >= 15 is 0 Å². The molecule has 0 N–H and O–H groups in total. The Morgan fingerprint density at radius 3 is 2.36 bits per heavy atom. The van der Waals surface area contributed by atoms with Gasteiger partial charge in [0.15, 0.2) is 0 Å². The zero-order valence-electron chi connectivity index (χ0n) is 7.90. The van der Waals surface area contributed by atoms with E-state index in [1.807, 2.05) is 42.5 Å². The molecule has 0 aliphatic heterocycles. The Morgan fingerprint density at radius 1 is 1.00 bits per heavy atom. The van der Waals surface area contributed by atoms with Crippen LogP contribution in [0.3, 0.4) is 0 Å². The average Bonchev–Trinajstić information content (AvgIpc) is 2.21. The third-order valence-electron chi connectivity index (χ3n) is 1.65. The van der Waals surface area contributed by atoms with Crippen molar-refractivity contribution >= 4 is 0 Å². The van der Waals surface area contributed by atoms with Crippen LogP contribution in [-0.2, 0) is 20.1 Å². The van der Waals surface area contributed by atoms with Crippen molar-refractivity contribution in [3.63, 3.8) is 0 Å². The molecule has 1 radical (unpaired) electrons. The van der Waals surface area contributed by atoms with Crippen LogP contribution in [0.5, 0.6) is 0 Å². The molecule has 0 saturated heterocycles. The van der Waals surface area contributed by atoms with Crippen molar-refractivity contribution in [2.24, 2.45) is 0 Å². The van der Waals surface area contributed by atoms with Crippen LogP contribution in [0.1, 0.15) is 0 Å². The molecule has 0 atom stereocenters. The fraction of sp³-hybridized carbons (Fsp3) is 0. The molecule has 1 aromatic heterocycles. The van der Waals surface area contributed by atoms with Crippen molar-refractivity contribution < 1.29 is 20.1 Å². The molecular formula is C12H11IrN-2. The van der Waals surface area contributed by atoms with E-state index < -0.39 is 0 Å². The van der Waals surface area contributed by atoms with Gasteiger partial charge in [0.05, 0.1) is 0 Å². The van der Waals surface area contributed by atoms with Gasteiger partial charge in [0.25, 0.3) is 0 Å². The Bertz CT molecular complexity index is 308. The largest absolute Gasteiger partial charge is 0.358 e. The molecular weight excluding hydrogens is 350 g/mol. The molecule has 1 aromatic carbocycles. The monoisotopic (exact) mass is 362 g/mol. The van der Waals surface area contributed by atoms with Gasteiger partial charge in [-0.2, -0.15) is 0 Å². The van der Waals surface area contributed by atoms with Gasteiger partial charge in [-0.15, -0.1) is 35.9 Å². The van der Waals surface area contributed by atoms with Crippen molar-refractivity contribution in [1.82, 2.24) is 4.98 Å². The predicted molar refractivity (Wildman–Crippen MR) is 54.9 cm³/mol. The van der Waals surface area contributed by atoms with Crippen LogP contribution in [-0.4, -0.2) is 4.98 Å². The summed E-state index contributed by atoms with van der Waals surface area (Å²) in [5.41, 5.74) is 2.01. The van der Waals surface area contributed by atoms with Crippen LogP contribution >= 0.6 is 0 Å². The second kappa shape index (κ2) is 6.47. The molecule has 2 heteroatoms. The van der Waals surface area contributed by atoms with E-state index in [9.17, 15) is 0 Å². The van der Waals surface area contributed by atoms with E-state index in [-0.39, 0.29) is 27.5 Å². The standard InChI is InChI=1S/C11H8N.CH3.Ir/c1-2-6-10(7-3-1)11-8-4-5-9-12-11;;/h1-6,8-9H;1H3;/q2*-1;. The van der Waals surface area contributed by atoms with E-state index in [4.69, 9.17) is 0 Å². The van der Waals surface area contributed by atoms with Crippen molar-refractivity contribution in [2.45, 2.75) is 0 Å². The van der Waals surface area contributed by atoms with Crippen molar-refractivity contribution in [3.8, 4) is 11.3 Å². The molecule has 0 bridgehead atoms. The topological polar surface area (TPSA) is 12.9 Å². The van der Waals surface area contributed by atoms with Crippen LogP contribution in [0.15, 0.2) is 48.7 Å². The molecule has 1 nitrogen and oxygen atoms in total. The maximum atomic E-state index is 4.22. The van der Waals surface area contributed by atoms with Crippen molar-refractivity contribution in [3.05, 3.63) is 62.2 Å². The van der Waals surface area contributed by atoms with Gasteiger partial charge in [-0.1, -0.05) is 12.1 Å². The Kier molecular flexibility index (Phi) is 6.02. The van der Waals surface area contributed by atoms with Gasteiger partial charge in [-0.25, -0.2) is 0 Å². The van der Waals surface area contributed by atoms with E-state index in [0.29, 0.717) is 0 Å². The Balaban J connectivity index is 0.000000845. The fourth-order valence-corrected chi connectivity index (χ4v) is 1.07. The normalized spacial score (nSPS) is 8.29. The molecule has 14 heavy (non-hydrogen) atoms. The first-order valence-corrected chi connectivity index (χ1v) is 3.85. The van der Waals surface area contributed by atoms with Gasteiger partial charge in [0.2, 0.25) is 0 Å². The smallest absolute Gasteiger partial charge is 0.0160 e. The zero-order chi connectivity index (χ0) is 8.23. The number of benzene rings is 1. The van der Waals surface area contributed by atoms with Gasteiger partial charge in [0, 0.05) is 26.3 Å². The molecule has 0 unspecified atom stereocenters. The molecule has 0 aliphatic rings. The van der Waals surface area contributed by atoms with E-state index in [0.717, 1.165) is 11.3 Å². The SMILES string of the molecule is [CH3-].[Ir].[c-]1ccccc1-c1ccccn1. The van der Waals surface area contributed by atoms with Gasteiger partial charge in [-0.3, -0.25) is 0 Å². The summed E-state index contributed by atoms with van der Waals surface area (Å²) >= 11 is 0. The maximum Gasteiger partial charge on any atom is 0.0160 e. The summed E-state index contributed by atoms with van der Waals surface area (Å²) in [6.45, 7) is 0. The van der Waals surface area contributed by atoms with Gasteiger partial charge in [0.1, 0.15) is 0 Å². The van der Waals surface area contributed by atoms with Gasteiger partial charge < -0.3 is 12.4 Å². The third kappa shape index (κ3) is 3.06. The Hall–Kier alpha value is -0.981. The van der Waals surface area contributed by atoms with E-state index in [1.54, 1.807) is 6.20 Å². The number of hydrogen-bond acceptors (Lipinski definition) is 1. The first kappa shape index (κ1) is 13.0. The molecule has 2 aromatic rings. The second-order valence-electron chi connectivity index (χ2n) is 2.49. The van der Waals surface area contributed by atoms with E-state index in [1.165, 1.54) is 0 Å². The zero-order valence-corrected chi connectivity index (χ0v) is 10.3. The minimum atomic E-state index is 0. The molecule has 2 rings (SSSR count). The maximum absolute atomic E-state index is 4.22. The van der Waals surface area contributed by atoms with Crippen LogP contribution in [0.25, 0.3) is 11.3 Å². The third-order valence-corrected chi connectivity index (χ3v) is 1.65. The predicted octanol–water partition coefficient (Wildman–Crippen LogP) is 3.00. The summed E-state index contributed by atoms with van der Waals surface area (Å²) in [6.07, 6.45) is 1.79. The average molecular weight is 361 g/mol. The van der Waals surface area contributed by atoms with Gasteiger partial charge in [-0.05, 0) is 11.8 Å². The molecule has 0 amide bonds. The molecule has 75 valence electrons. The summed E-state index contributed by atoms with van der Waals surface area (Å²) < 4.78 is 0. The Morgan fingerprint density at radius 2 is 1.79 bits per heavy atom. The van der Waals surface area contributed by atoms with Crippen LogP contribution in [0.4, 0.5) is 0 Å². The van der Waals surface area contributed by atoms with Crippen molar-refractivity contribution in [1.29, 1.82) is 0 Å². The number of rotatable bonds is 1. The number of nitrogens with zero attached hydrogens (tertiary/aromatic N) is 1. The van der Waals surface area contributed by atoms with Crippen LogP contribution in [0.2, 0.25) is 0 Å². The van der Waals surface area contributed by atoms with Crippen LogP contribution < -0.4 is 0 Å². The minimum Gasteiger partial charge on any atom is -0.358 e. The van der Waals surface area contributed by atoms with E-state index in [2.05, 4.69) is 11.1 Å². The quantitative estimate of drug-likeness (QED) is 0.712. The molecule has 0 aliphatic carbocycles. The first-order chi connectivity index (χ1) is 5.97. The molecule has 1 heterocycles. The summed E-state index contributed by atoms with van der Waals surface area (Å²) in [7, 11) is 0. The number of pyridine rings is 1. The summed E-state index contributed by atoms with van der Waals surface area (Å²) in [4.78, 5) is 4.22. The van der Waals surface area contributed by atoms with Crippen LogP contribution in [0, 0.1) is 13.5 Å². The number of hydrogen-bond donors (Lipinski definition) is 0. The Labute approximate surface area is 98.6 Å². The molecule has 0 saturated carbocycles. The van der Waals surface area contributed by atoms with Crippen molar-refractivity contribution in [2.75, 3.05) is 0 Å². The number of aromatic nitrogens is 1. The molecule has 0 fully saturated rings. The minimum absolute atomic E-state index is 0. The molecule has 0 spiro atoms. The summed E-state index contributed by atoms with van der Waals surface area (Å²) in [5.74, 6) is 0. The van der Waals surface area contributed by atoms with Gasteiger partial charge >= 0.3 is 0 Å². The summed E-state index contributed by atoms with van der Waals surface area (Å²) in [5, 5.41) is 0.